The zero-order valence-corrected chi connectivity index (χ0v) is 49.1. The van der Waals surface area contributed by atoms with E-state index in [9.17, 15) is 0 Å². The Hall–Kier alpha value is -9.82. The van der Waals surface area contributed by atoms with Gasteiger partial charge in [-0.25, -0.2) is 4.98 Å². The van der Waals surface area contributed by atoms with Gasteiger partial charge in [-0.3, -0.25) is 4.98 Å². The number of para-hydroxylation sites is 1. The van der Waals surface area contributed by atoms with Crippen LogP contribution >= 0.6 is 0 Å². The topological polar surface area (TPSA) is 165 Å². The van der Waals surface area contributed by atoms with E-state index >= 15 is 0 Å². The Bertz CT molecular complexity index is 3560. The van der Waals surface area contributed by atoms with Crippen LogP contribution in [0.4, 0.5) is 0 Å². The quantitative estimate of drug-likeness (QED) is 0.114. The molecule has 0 unspecified atom stereocenters. The molecule has 14 aromatic rings. The summed E-state index contributed by atoms with van der Waals surface area (Å²) < 4.78 is 0. The molecule has 0 aliphatic rings. The summed E-state index contributed by atoms with van der Waals surface area (Å²) in [7, 11) is 3.47. The average Bonchev–Trinajstić information content (AvgIpc) is 4.25. The maximum Gasteiger partial charge on any atom is 3.00 e. The molecule has 8 heterocycles. The molecule has 14 rings (SSSR count). The fourth-order valence-electron chi connectivity index (χ4n) is 7.55. The first-order chi connectivity index (χ1) is 39.5. The minimum atomic E-state index is 0. The number of pyridine rings is 6. The fraction of sp³-hybridized carbons (Fsp3) is 0.0303. The summed E-state index contributed by atoms with van der Waals surface area (Å²) in [5.41, 5.74) is 10.5. The third-order valence-electron chi connectivity index (χ3n) is 11.3. The first kappa shape index (κ1) is 59.8. The molecule has 0 amide bonds. The van der Waals surface area contributed by atoms with Crippen LogP contribution < -0.4 is 19.8 Å². The first-order valence-corrected chi connectivity index (χ1v) is 25.2. The Morgan fingerprint density at radius 2 is 0.720 bits per heavy atom. The minimum absolute atomic E-state index is 0. The van der Waals surface area contributed by atoms with Crippen molar-refractivity contribution < 1.29 is 49.8 Å². The zero-order valence-electron chi connectivity index (χ0n) is 44.3. The van der Waals surface area contributed by atoms with Gasteiger partial charge in [0.15, 0.2) is 0 Å². The van der Waals surface area contributed by atoms with Crippen LogP contribution in [0.25, 0.3) is 89.7 Å². The van der Waals surface area contributed by atoms with Crippen molar-refractivity contribution >= 4 is 21.7 Å². The van der Waals surface area contributed by atoms with E-state index in [1.807, 2.05) is 237 Å². The largest absolute Gasteiger partial charge is 3.00 e. The zero-order chi connectivity index (χ0) is 54.8. The maximum atomic E-state index is 4.48. The summed E-state index contributed by atoms with van der Waals surface area (Å²) in [6, 6.07) is 89.1. The predicted molar refractivity (Wildman–Crippen MR) is 309 cm³/mol. The SMILES string of the molecule is C[n+]1n[n-]c(-c2ccc3ccccc3n2)n1.C[n+]1n[n-]c(-c2nccc3ccccc23)n1.[Ir+3].[Ir+3].[c-]1ccccc1-c1ccccn1.[c-]1ccccc1-c1ccccn1.[c-]1ccccc1-c1ccccn1.[c-]1ccccc1-c1ccccn1. The Labute approximate surface area is 502 Å². The van der Waals surface area contributed by atoms with Crippen molar-refractivity contribution in [3.05, 3.63) is 292 Å². The number of tetrazole rings is 2. The van der Waals surface area contributed by atoms with E-state index < -0.39 is 0 Å². The second-order valence-corrected chi connectivity index (χ2v) is 16.9. The number of hydrogen-bond donors (Lipinski definition) is 0. The van der Waals surface area contributed by atoms with Gasteiger partial charge in [0.2, 0.25) is 11.6 Å². The van der Waals surface area contributed by atoms with Crippen LogP contribution in [0.2, 0.25) is 0 Å². The molecule has 6 aromatic carbocycles. The van der Waals surface area contributed by atoms with Crippen LogP contribution in [-0.4, -0.2) is 50.5 Å². The van der Waals surface area contributed by atoms with Crippen LogP contribution in [0.5, 0.6) is 0 Å². The van der Waals surface area contributed by atoms with E-state index in [1.54, 1.807) is 45.1 Å². The van der Waals surface area contributed by atoms with Crippen LogP contribution in [0.3, 0.4) is 0 Å². The number of aryl methyl sites for hydroxylation is 2. The third kappa shape index (κ3) is 17.8. The van der Waals surface area contributed by atoms with Crippen molar-refractivity contribution in [2.45, 2.75) is 0 Å². The molecular weight excluding hydrogens is 1370 g/mol. The molecule has 82 heavy (non-hydrogen) atoms. The molecule has 0 atom stereocenters. The van der Waals surface area contributed by atoms with Crippen molar-refractivity contribution in [1.82, 2.24) is 60.7 Å². The smallest absolute Gasteiger partial charge is 0.305 e. The summed E-state index contributed by atoms with van der Waals surface area (Å²) in [6.45, 7) is 0. The maximum absolute atomic E-state index is 4.48. The number of fused-ring (bicyclic) bond motifs is 2. The molecule has 0 saturated carbocycles. The van der Waals surface area contributed by atoms with Gasteiger partial charge in [-0.2, -0.15) is 9.59 Å². The van der Waals surface area contributed by atoms with E-state index in [-0.39, 0.29) is 40.2 Å². The van der Waals surface area contributed by atoms with Gasteiger partial charge in [0.05, 0.1) is 19.6 Å². The predicted octanol–water partition coefficient (Wildman–Crippen LogP) is 11.1. The monoisotopic (exact) mass is 1420 g/mol. The van der Waals surface area contributed by atoms with Gasteiger partial charge in [0.25, 0.3) is 0 Å². The molecule has 0 N–H and O–H groups in total. The molecule has 0 aliphatic carbocycles. The van der Waals surface area contributed by atoms with E-state index in [0.717, 1.165) is 78.1 Å². The van der Waals surface area contributed by atoms with Crippen LogP contribution in [0, 0.1) is 24.3 Å². The fourth-order valence-corrected chi connectivity index (χ4v) is 7.55. The summed E-state index contributed by atoms with van der Waals surface area (Å²) >= 11 is 0. The molecule has 16 heteroatoms. The summed E-state index contributed by atoms with van der Waals surface area (Å²) in [5.74, 6) is 1.10. The molecule has 0 spiro atoms. The molecule has 14 nitrogen and oxygen atoms in total. The van der Waals surface area contributed by atoms with Crippen LogP contribution in [0.1, 0.15) is 0 Å². The Morgan fingerprint density at radius 3 is 1.11 bits per heavy atom. The van der Waals surface area contributed by atoms with Gasteiger partial charge in [0.1, 0.15) is 11.4 Å². The normalized spacial score (nSPS) is 9.88. The second kappa shape index (κ2) is 32.3. The average molecular weight is 1420 g/mol. The van der Waals surface area contributed by atoms with Gasteiger partial charge < -0.3 is 19.9 Å². The van der Waals surface area contributed by atoms with E-state index in [0.29, 0.717) is 11.6 Å². The number of benzene rings is 6. The molecule has 8 aromatic heterocycles. The molecule has 0 bridgehead atoms. The second-order valence-electron chi connectivity index (χ2n) is 16.9. The van der Waals surface area contributed by atoms with Gasteiger partial charge in [-0.1, -0.05) is 97.1 Å². The van der Waals surface area contributed by atoms with E-state index in [4.69, 9.17) is 0 Å². The molecule has 0 radical (unpaired) electrons. The first-order valence-electron chi connectivity index (χ1n) is 25.2. The van der Waals surface area contributed by atoms with Crippen molar-refractivity contribution in [3.8, 4) is 68.1 Å². The van der Waals surface area contributed by atoms with Gasteiger partial charge >= 0.3 is 40.2 Å². The Kier molecular flexibility index (Phi) is 23.6. The van der Waals surface area contributed by atoms with Gasteiger partial charge in [-0.15, -0.1) is 164 Å². The van der Waals surface area contributed by atoms with Crippen molar-refractivity contribution in [2.75, 3.05) is 0 Å². The molecule has 0 aliphatic heterocycles. The van der Waals surface area contributed by atoms with Crippen molar-refractivity contribution in [2.24, 2.45) is 14.1 Å². The number of nitrogens with zero attached hydrogens (tertiary/aromatic N) is 14. The summed E-state index contributed by atoms with van der Waals surface area (Å²) in [6.07, 6.45) is 8.91. The number of rotatable bonds is 6. The van der Waals surface area contributed by atoms with E-state index in [2.05, 4.69) is 85.0 Å². The molecule has 0 saturated heterocycles. The molecule has 0 fully saturated rings. The Balaban J connectivity index is 0.000000142. The van der Waals surface area contributed by atoms with Gasteiger partial charge in [0, 0.05) is 41.8 Å². The molecule has 400 valence electrons. The van der Waals surface area contributed by atoms with Gasteiger partial charge in [-0.05, 0) is 81.1 Å². The minimum Gasteiger partial charge on any atom is -0.305 e. The Morgan fingerprint density at radius 1 is 0.329 bits per heavy atom. The summed E-state index contributed by atoms with van der Waals surface area (Å²) in [5, 5.41) is 27.1. The number of aromatic nitrogens is 14. The van der Waals surface area contributed by atoms with Crippen LogP contribution in [-0.2, 0) is 54.3 Å². The summed E-state index contributed by atoms with van der Waals surface area (Å²) in [4.78, 5) is 28.5. The van der Waals surface area contributed by atoms with Crippen molar-refractivity contribution in [3.63, 3.8) is 0 Å². The van der Waals surface area contributed by atoms with Crippen molar-refractivity contribution in [1.29, 1.82) is 0 Å². The van der Waals surface area contributed by atoms with Crippen LogP contribution in [0.15, 0.2) is 268 Å². The van der Waals surface area contributed by atoms with E-state index in [1.165, 1.54) is 9.59 Å². The standard InChI is InChI=1S/2C11H9N5.4C11H8N.2Ir/c1-16-14-11(13-15-16)10-9-5-3-2-4-8(9)6-7-12-10;1-16-14-11(13-15-16)10-7-6-8-4-2-3-5-9(8)12-10;4*1-2-6-10(7-3-1)11-8-4-5-9-12-11;;/h2*2-7H,1H3;4*1-6,8-9H;;/q;;4*-1;2*+3. The third-order valence-corrected chi connectivity index (χ3v) is 11.3. The molecular formula is C66H50Ir2N14+2. The number of hydrogen-bond acceptors (Lipinski definition) is 10.